The van der Waals surface area contributed by atoms with Crippen molar-refractivity contribution >= 4 is 39.2 Å². The SMILES string of the molecule is O=C(COc1ccc(N2CCCC2=O)cc1)Nc1ccnn1Cc1ccccc1Br. The number of ether oxygens (including phenoxy) is 1. The first kappa shape index (κ1) is 20.2. The lowest BCUT2D eigenvalue weighted by Crippen LogP contribution is -2.23. The van der Waals surface area contributed by atoms with Crippen LogP contribution in [0.5, 0.6) is 5.75 Å². The molecule has 3 aromatic rings. The van der Waals surface area contributed by atoms with Crippen LogP contribution in [0, 0.1) is 0 Å². The van der Waals surface area contributed by atoms with Crippen LogP contribution in [0.25, 0.3) is 0 Å². The van der Waals surface area contributed by atoms with Gasteiger partial charge in [0.15, 0.2) is 6.61 Å². The van der Waals surface area contributed by atoms with E-state index in [0.717, 1.165) is 28.7 Å². The minimum Gasteiger partial charge on any atom is -0.484 e. The predicted octanol–water partition coefficient (Wildman–Crippen LogP) is 3.84. The Kier molecular flexibility index (Phi) is 6.13. The first-order valence-electron chi connectivity index (χ1n) is 9.68. The molecule has 0 saturated carbocycles. The Morgan fingerprint density at radius 3 is 2.67 bits per heavy atom. The zero-order valence-corrected chi connectivity index (χ0v) is 17.8. The van der Waals surface area contributed by atoms with E-state index in [1.54, 1.807) is 34.0 Å². The number of rotatable bonds is 7. The molecule has 1 saturated heterocycles. The van der Waals surface area contributed by atoms with Crippen molar-refractivity contribution in [2.75, 3.05) is 23.4 Å². The molecular formula is C22H21BrN4O3. The normalized spacial score (nSPS) is 13.5. The maximum Gasteiger partial charge on any atom is 0.263 e. The summed E-state index contributed by atoms with van der Waals surface area (Å²) in [5.74, 6) is 1.04. The molecule has 1 fully saturated rings. The molecule has 7 nitrogen and oxygen atoms in total. The van der Waals surface area contributed by atoms with Crippen molar-refractivity contribution in [3.63, 3.8) is 0 Å². The Morgan fingerprint density at radius 1 is 1.13 bits per heavy atom. The zero-order valence-electron chi connectivity index (χ0n) is 16.3. The molecule has 4 rings (SSSR count). The molecule has 0 radical (unpaired) electrons. The fourth-order valence-electron chi connectivity index (χ4n) is 3.32. The highest BCUT2D eigenvalue weighted by Crippen LogP contribution is 2.24. The van der Waals surface area contributed by atoms with Gasteiger partial charge in [-0.25, -0.2) is 4.68 Å². The standard InChI is InChI=1S/C22H21BrN4O3/c23-19-5-2-1-4-16(19)14-27-20(11-12-24-27)25-21(28)15-30-18-9-7-17(8-10-18)26-13-3-6-22(26)29/h1-2,4-5,7-12H,3,6,13-15H2,(H,25,28). The molecule has 0 spiro atoms. The average Bonchev–Trinajstić information content (AvgIpc) is 3.37. The van der Waals surface area contributed by atoms with Gasteiger partial charge >= 0.3 is 0 Å². The highest BCUT2D eigenvalue weighted by Gasteiger charge is 2.21. The number of amides is 2. The van der Waals surface area contributed by atoms with Crippen LogP contribution in [0.2, 0.25) is 0 Å². The summed E-state index contributed by atoms with van der Waals surface area (Å²) in [4.78, 5) is 25.9. The van der Waals surface area contributed by atoms with Gasteiger partial charge in [-0.05, 0) is 42.3 Å². The molecule has 0 aliphatic carbocycles. The second-order valence-corrected chi connectivity index (χ2v) is 7.80. The molecule has 1 N–H and O–H groups in total. The number of carbonyl (C=O) groups excluding carboxylic acids is 2. The molecule has 1 aliphatic heterocycles. The van der Waals surface area contributed by atoms with Gasteiger partial charge in [0.1, 0.15) is 11.6 Å². The largest absolute Gasteiger partial charge is 0.484 e. The summed E-state index contributed by atoms with van der Waals surface area (Å²) >= 11 is 3.53. The van der Waals surface area contributed by atoms with Crippen LogP contribution in [-0.2, 0) is 16.1 Å². The third kappa shape index (κ3) is 4.71. The molecular weight excluding hydrogens is 448 g/mol. The number of carbonyl (C=O) groups is 2. The number of nitrogens with zero attached hydrogens (tertiary/aromatic N) is 3. The Balaban J connectivity index is 1.32. The fraction of sp³-hybridized carbons (Fsp3) is 0.227. The van der Waals surface area contributed by atoms with Crippen molar-refractivity contribution in [1.82, 2.24) is 9.78 Å². The van der Waals surface area contributed by atoms with Crippen LogP contribution in [0.1, 0.15) is 18.4 Å². The maximum absolute atomic E-state index is 12.3. The smallest absolute Gasteiger partial charge is 0.263 e. The number of benzene rings is 2. The van der Waals surface area contributed by atoms with Gasteiger partial charge in [-0.2, -0.15) is 5.10 Å². The van der Waals surface area contributed by atoms with Gasteiger partial charge in [-0.1, -0.05) is 34.1 Å². The first-order chi connectivity index (χ1) is 14.6. The van der Waals surface area contributed by atoms with Gasteiger partial charge in [0.2, 0.25) is 5.91 Å². The van der Waals surface area contributed by atoms with Crippen LogP contribution in [0.4, 0.5) is 11.5 Å². The lowest BCUT2D eigenvalue weighted by atomic mass is 10.2. The Bertz CT molecular complexity index is 1050. The summed E-state index contributed by atoms with van der Waals surface area (Å²) in [5, 5.41) is 7.12. The van der Waals surface area contributed by atoms with E-state index in [-0.39, 0.29) is 18.4 Å². The van der Waals surface area contributed by atoms with E-state index >= 15 is 0 Å². The number of hydrogen-bond acceptors (Lipinski definition) is 4. The summed E-state index contributed by atoms with van der Waals surface area (Å²) in [6, 6.07) is 16.8. The highest BCUT2D eigenvalue weighted by molar-refractivity contribution is 9.10. The second-order valence-electron chi connectivity index (χ2n) is 6.95. The molecule has 2 heterocycles. The third-order valence-corrected chi connectivity index (χ3v) is 5.63. The summed E-state index contributed by atoms with van der Waals surface area (Å²) in [6.45, 7) is 1.15. The minimum absolute atomic E-state index is 0.123. The molecule has 154 valence electrons. The van der Waals surface area contributed by atoms with Crippen molar-refractivity contribution in [2.45, 2.75) is 19.4 Å². The van der Waals surface area contributed by atoms with Gasteiger partial charge in [-0.15, -0.1) is 0 Å². The minimum atomic E-state index is -0.275. The average molecular weight is 469 g/mol. The maximum atomic E-state index is 12.3. The number of halogens is 1. The van der Waals surface area contributed by atoms with Gasteiger partial charge in [0.25, 0.3) is 5.91 Å². The highest BCUT2D eigenvalue weighted by atomic mass is 79.9. The fourth-order valence-corrected chi connectivity index (χ4v) is 3.73. The van der Waals surface area contributed by atoms with E-state index in [4.69, 9.17) is 4.74 Å². The summed E-state index contributed by atoms with van der Waals surface area (Å²) in [6.07, 6.45) is 3.12. The lowest BCUT2D eigenvalue weighted by Gasteiger charge is -2.16. The number of hydrogen-bond donors (Lipinski definition) is 1. The number of aromatic nitrogens is 2. The third-order valence-electron chi connectivity index (χ3n) is 4.85. The molecule has 0 unspecified atom stereocenters. The molecule has 0 bridgehead atoms. The van der Waals surface area contributed by atoms with Crippen molar-refractivity contribution in [3.05, 3.63) is 70.8 Å². The number of anilines is 2. The Hall–Kier alpha value is -3.13. The first-order valence-corrected chi connectivity index (χ1v) is 10.5. The Labute approximate surface area is 182 Å². The molecule has 1 aliphatic rings. The monoisotopic (exact) mass is 468 g/mol. The molecule has 2 amide bonds. The van der Waals surface area contributed by atoms with Crippen molar-refractivity contribution in [1.29, 1.82) is 0 Å². The van der Waals surface area contributed by atoms with Crippen LogP contribution in [-0.4, -0.2) is 34.7 Å². The lowest BCUT2D eigenvalue weighted by molar-refractivity contribution is -0.118. The van der Waals surface area contributed by atoms with E-state index < -0.39 is 0 Å². The zero-order chi connectivity index (χ0) is 20.9. The van der Waals surface area contributed by atoms with Crippen LogP contribution in [0.3, 0.4) is 0 Å². The van der Waals surface area contributed by atoms with E-state index in [1.165, 1.54) is 0 Å². The van der Waals surface area contributed by atoms with E-state index in [9.17, 15) is 9.59 Å². The van der Waals surface area contributed by atoms with Gasteiger partial charge in [0, 0.05) is 29.2 Å². The summed E-state index contributed by atoms with van der Waals surface area (Å²) in [7, 11) is 0. The van der Waals surface area contributed by atoms with Gasteiger partial charge < -0.3 is 15.0 Å². The quantitative estimate of drug-likeness (QED) is 0.571. The van der Waals surface area contributed by atoms with Crippen molar-refractivity contribution < 1.29 is 14.3 Å². The molecule has 1 aromatic heterocycles. The van der Waals surface area contributed by atoms with Crippen LogP contribution in [0.15, 0.2) is 65.3 Å². The van der Waals surface area contributed by atoms with E-state index in [0.29, 0.717) is 24.5 Å². The second kappa shape index (κ2) is 9.13. The van der Waals surface area contributed by atoms with Gasteiger partial charge in [0.05, 0.1) is 12.7 Å². The van der Waals surface area contributed by atoms with Crippen molar-refractivity contribution in [2.24, 2.45) is 0 Å². The summed E-state index contributed by atoms with van der Waals surface area (Å²) in [5.41, 5.74) is 1.91. The van der Waals surface area contributed by atoms with Crippen LogP contribution < -0.4 is 15.0 Å². The van der Waals surface area contributed by atoms with Crippen LogP contribution >= 0.6 is 15.9 Å². The van der Waals surface area contributed by atoms with Gasteiger partial charge in [-0.3, -0.25) is 9.59 Å². The van der Waals surface area contributed by atoms with E-state index in [1.807, 2.05) is 36.4 Å². The number of nitrogens with one attached hydrogen (secondary N) is 1. The predicted molar refractivity (Wildman–Crippen MR) is 118 cm³/mol. The Morgan fingerprint density at radius 2 is 1.93 bits per heavy atom. The molecule has 30 heavy (non-hydrogen) atoms. The molecule has 0 atom stereocenters. The molecule has 2 aromatic carbocycles. The summed E-state index contributed by atoms with van der Waals surface area (Å²) < 4.78 is 8.29. The topological polar surface area (TPSA) is 76.5 Å². The van der Waals surface area contributed by atoms with E-state index in [2.05, 4.69) is 26.3 Å². The van der Waals surface area contributed by atoms with Crippen molar-refractivity contribution in [3.8, 4) is 5.75 Å². The molecule has 8 heteroatoms.